The van der Waals surface area contributed by atoms with Gasteiger partial charge in [0.05, 0.1) is 0 Å². The molecule has 1 heterocycles. The van der Waals surface area contributed by atoms with Crippen LogP contribution in [0.15, 0.2) is 36.5 Å². The first-order valence-electron chi connectivity index (χ1n) is 4.89. The van der Waals surface area contributed by atoms with Crippen molar-refractivity contribution in [2.45, 2.75) is 6.54 Å². The minimum absolute atomic E-state index is 0.207. The molecule has 1 aromatic heterocycles. The minimum Gasteiger partial charge on any atom is -0.477 e. The van der Waals surface area contributed by atoms with Crippen molar-refractivity contribution in [1.29, 1.82) is 0 Å². The highest BCUT2D eigenvalue weighted by Crippen LogP contribution is 2.14. The van der Waals surface area contributed by atoms with E-state index in [0.717, 1.165) is 9.13 Å². The zero-order chi connectivity index (χ0) is 12.4. The lowest BCUT2D eigenvalue weighted by Gasteiger charge is -2.06. The molecule has 17 heavy (non-hydrogen) atoms. The zero-order valence-electron chi connectivity index (χ0n) is 8.73. The second kappa shape index (κ2) is 4.87. The van der Waals surface area contributed by atoms with Crippen molar-refractivity contribution in [3.8, 4) is 0 Å². The lowest BCUT2D eigenvalue weighted by Crippen LogP contribution is -2.08. The fourth-order valence-electron chi connectivity index (χ4n) is 1.62. The van der Waals surface area contributed by atoms with Gasteiger partial charge < -0.3 is 9.67 Å². The third-order valence-corrected chi connectivity index (χ3v) is 2.91. The van der Waals surface area contributed by atoms with Gasteiger partial charge in [0.25, 0.3) is 0 Å². The van der Waals surface area contributed by atoms with Gasteiger partial charge in [-0.1, -0.05) is 12.1 Å². The second-order valence-corrected chi connectivity index (χ2v) is 4.85. The molecule has 0 unspecified atom stereocenters. The molecule has 1 N–H and O–H groups in total. The largest absolute Gasteiger partial charge is 0.477 e. The predicted octanol–water partition coefficient (Wildman–Crippen LogP) is 2.98. The first-order chi connectivity index (χ1) is 8.06. The number of carboxylic acid groups (broad SMARTS) is 1. The van der Waals surface area contributed by atoms with E-state index in [9.17, 15) is 9.18 Å². The molecule has 0 spiro atoms. The Labute approximate surface area is 111 Å². The highest BCUT2D eigenvalue weighted by Gasteiger charge is 2.11. The molecule has 0 aliphatic rings. The van der Waals surface area contributed by atoms with Gasteiger partial charge in [0.15, 0.2) is 0 Å². The van der Waals surface area contributed by atoms with Gasteiger partial charge in [-0.25, -0.2) is 9.18 Å². The Morgan fingerprint density at radius 3 is 2.82 bits per heavy atom. The maximum atomic E-state index is 13.0. The summed E-state index contributed by atoms with van der Waals surface area (Å²) in [4.78, 5) is 11.0. The third-order valence-electron chi connectivity index (χ3n) is 2.32. The fraction of sp³-hybridized carbons (Fsp3) is 0.0833. The summed E-state index contributed by atoms with van der Waals surface area (Å²) in [6, 6.07) is 7.73. The van der Waals surface area contributed by atoms with E-state index >= 15 is 0 Å². The van der Waals surface area contributed by atoms with Crippen LogP contribution in [0.3, 0.4) is 0 Å². The Kier molecular flexibility index (Phi) is 3.46. The number of nitrogens with zero attached hydrogens (tertiary/aromatic N) is 1. The Morgan fingerprint density at radius 2 is 2.18 bits per heavy atom. The molecule has 0 radical (unpaired) electrons. The van der Waals surface area contributed by atoms with Crippen LogP contribution in [-0.4, -0.2) is 15.6 Å². The summed E-state index contributed by atoms with van der Waals surface area (Å²) in [6.07, 6.45) is 1.73. The van der Waals surface area contributed by atoms with E-state index in [2.05, 4.69) is 22.6 Å². The molecule has 0 atom stereocenters. The monoisotopic (exact) mass is 345 g/mol. The summed E-state index contributed by atoms with van der Waals surface area (Å²) in [5.74, 6) is -1.30. The smallest absolute Gasteiger partial charge is 0.352 e. The van der Waals surface area contributed by atoms with E-state index in [1.54, 1.807) is 29.0 Å². The Hall–Kier alpha value is -1.37. The summed E-state index contributed by atoms with van der Waals surface area (Å²) in [5.41, 5.74) is 0.943. The lowest BCUT2D eigenvalue weighted by molar-refractivity contribution is 0.0685. The van der Waals surface area contributed by atoms with E-state index < -0.39 is 5.97 Å². The van der Waals surface area contributed by atoms with Crippen LogP contribution in [0.2, 0.25) is 0 Å². The van der Waals surface area contributed by atoms with Gasteiger partial charge in [-0.2, -0.15) is 0 Å². The van der Waals surface area contributed by atoms with E-state index in [0.29, 0.717) is 6.54 Å². The van der Waals surface area contributed by atoms with Crippen molar-refractivity contribution >= 4 is 28.6 Å². The molecule has 0 aliphatic carbocycles. The number of aromatic nitrogens is 1. The molecule has 0 fully saturated rings. The average Bonchev–Trinajstić information content (AvgIpc) is 2.59. The molecule has 3 nitrogen and oxygen atoms in total. The molecule has 0 saturated heterocycles. The average molecular weight is 345 g/mol. The number of halogens is 2. The molecule has 2 aromatic rings. The molecule has 5 heteroatoms. The Morgan fingerprint density at radius 1 is 1.41 bits per heavy atom. The Balaban J connectivity index is 2.32. The summed E-state index contributed by atoms with van der Waals surface area (Å²) < 4.78 is 15.4. The molecule has 0 aliphatic heterocycles. The van der Waals surface area contributed by atoms with Gasteiger partial charge in [-0.05, 0) is 46.4 Å². The van der Waals surface area contributed by atoms with Crippen molar-refractivity contribution in [2.75, 3.05) is 0 Å². The van der Waals surface area contributed by atoms with Crippen LogP contribution in [0.4, 0.5) is 4.39 Å². The highest BCUT2D eigenvalue weighted by molar-refractivity contribution is 14.1. The van der Waals surface area contributed by atoms with Crippen LogP contribution in [0.1, 0.15) is 16.1 Å². The van der Waals surface area contributed by atoms with Crippen LogP contribution in [-0.2, 0) is 6.54 Å². The van der Waals surface area contributed by atoms with Crippen LogP contribution in [0, 0.1) is 9.39 Å². The highest BCUT2D eigenvalue weighted by atomic mass is 127. The van der Waals surface area contributed by atoms with Crippen molar-refractivity contribution in [1.82, 2.24) is 4.57 Å². The number of rotatable bonds is 3. The van der Waals surface area contributed by atoms with Gasteiger partial charge in [0.1, 0.15) is 11.5 Å². The molecule has 1 aromatic carbocycles. The minimum atomic E-state index is -0.982. The van der Waals surface area contributed by atoms with E-state index in [1.807, 2.05) is 0 Å². The fourth-order valence-corrected chi connectivity index (χ4v) is 2.25. The van der Waals surface area contributed by atoms with Gasteiger partial charge in [-0.3, -0.25) is 0 Å². The van der Waals surface area contributed by atoms with E-state index in [-0.39, 0.29) is 11.5 Å². The van der Waals surface area contributed by atoms with Gasteiger partial charge >= 0.3 is 5.97 Å². The zero-order valence-corrected chi connectivity index (χ0v) is 10.9. The quantitative estimate of drug-likeness (QED) is 0.870. The molecule has 0 saturated carbocycles. The van der Waals surface area contributed by atoms with Crippen molar-refractivity contribution in [3.63, 3.8) is 0 Å². The van der Waals surface area contributed by atoms with Crippen LogP contribution >= 0.6 is 22.6 Å². The number of hydrogen-bond donors (Lipinski definition) is 1. The SMILES string of the molecule is O=C(O)c1cc(I)cn1Cc1cccc(F)c1. The van der Waals surface area contributed by atoms with Crippen molar-refractivity contribution in [2.24, 2.45) is 0 Å². The standard InChI is InChI=1S/C12H9FINO2/c13-9-3-1-2-8(4-9)6-15-7-10(14)5-11(15)12(16)17/h1-5,7H,6H2,(H,16,17). The molecule has 88 valence electrons. The second-order valence-electron chi connectivity index (χ2n) is 3.61. The molecule has 0 bridgehead atoms. The molecule has 2 rings (SSSR count). The van der Waals surface area contributed by atoms with Gasteiger partial charge in [0.2, 0.25) is 0 Å². The number of aromatic carboxylic acids is 1. The van der Waals surface area contributed by atoms with E-state index in [1.165, 1.54) is 12.1 Å². The number of benzene rings is 1. The van der Waals surface area contributed by atoms with E-state index in [4.69, 9.17) is 5.11 Å². The maximum absolute atomic E-state index is 13.0. The third kappa shape index (κ3) is 2.85. The van der Waals surface area contributed by atoms with Gasteiger partial charge in [0, 0.05) is 16.3 Å². The molecular weight excluding hydrogens is 336 g/mol. The van der Waals surface area contributed by atoms with Crippen LogP contribution in [0.25, 0.3) is 0 Å². The van der Waals surface area contributed by atoms with Crippen molar-refractivity contribution in [3.05, 3.63) is 57.2 Å². The topological polar surface area (TPSA) is 42.2 Å². The maximum Gasteiger partial charge on any atom is 0.352 e. The number of carbonyl (C=O) groups is 1. The first-order valence-corrected chi connectivity index (χ1v) is 5.97. The molecule has 0 amide bonds. The normalized spacial score (nSPS) is 10.5. The number of carboxylic acids is 1. The lowest BCUT2D eigenvalue weighted by atomic mass is 10.2. The molecular formula is C12H9FINO2. The summed E-state index contributed by atoms with van der Waals surface area (Å²) in [6.45, 7) is 0.350. The van der Waals surface area contributed by atoms with Crippen LogP contribution < -0.4 is 0 Å². The first kappa shape index (κ1) is 12.1. The van der Waals surface area contributed by atoms with Crippen molar-refractivity contribution < 1.29 is 14.3 Å². The van der Waals surface area contributed by atoms with Crippen LogP contribution in [0.5, 0.6) is 0 Å². The summed E-state index contributed by atoms with van der Waals surface area (Å²) in [7, 11) is 0. The summed E-state index contributed by atoms with van der Waals surface area (Å²) >= 11 is 2.05. The number of hydrogen-bond acceptors (Lipinski definition) is 1. The van der Waals surface area contributed by atoms with Gasteiger partial charge in [-0.15, -0.1) is 0 Å². The predicted molar refractivity (Wildman–Crippen MR) is 69.6 cm³/mol. The Bertz CT molecular complexity index is 565. The summed E-state index contributed by atoms with van der Waals surface area (Å²) in [5, 5.41) is 9.01.